The molecule has 2 amide bonds. The average molecular weight is 491 g/mol. The van der Waals surface area contributed by atoms with Gasteiger partial charge in [0, 0.05) is 25.3 Å². The fourth-order valence-electron chi connectivity index (χ4n) is 5.62. The highest BCUT2D eigenvalue weighted by Gasteiger charge is 2.52. The minimum Gasteiger partial charge on any atom is -0.452 e. The Kier molecular flexibility index (Phi) is 7.23. The summed E-state index contributed by atoms with van der Waals surface area (Å²) in [6.45, 7) is 3.74. The topological polar surface area (TPSA) is 82.2 Å². The Hall–Kier alpha value is -3.39. The normalized spacial score (nSPS) is 19.6. The monoisotopic (exact) mass is 490 g/mol. The molecule has 3 fully saturated rings. The molecule has 0 unspecified atom stereocenters. The van der Waals surface area contributed by atoms with Gasteiger partial charge in [-0.3, -0.25) is 9.59 Å². The van der Waals surface area contributed by atoms with Crippen molar-refractivity contribution in [1.29, 1.82) is 0 Å². The first-order valence-corrected chi connectivity index (χ1v) is 12.9. The Morgan fingerprint density at radius 1 is 0.944 bits per heavy atom. The molecule has 3 aliphatic heterocycles. The van der Waals surface area contributed by atoms with Gasteiger partial charge in [-0.2, -0.15) is 0 Å². The van der Waals surface area contributed by atoms with Gasteiger partial charge in [-0.05, 0) is 75.0 Å². The molecule has 2 aromatic carbocycles. The number of nitrogens with zero attached hydrogens (tertiary/aromatic N) is 3. The third-order valence-electron chi connectivity index (χ3n) is 7.58. The number of nitrogens with one attached hydrogen (secondary N) is 1. The summed E-state index contributed by atoms with van der Waals surface area (Å²) in [5.41, 5.74) is 1.75. The van der Waals surface area contributed by atoms with Crippen LogP contribution in [0.25, 0.3) is 0 Å². The maximum atomic E-state index is 13.7. The van der Waals surface area contributed by atoms with E-state index in [1.54, 1.807) is 23.1 Å². The molecule has 0 radical (unpaired) electrons. The van der Waals surface area contributed by atoms with E-state index in [2.05, 4.69) is 22.3 Å². The minimum absolute atomic E-state index is 0.132. The smallest absolute Gasteiger partial charge is 0.338 e. The van der Waals surface area contributed by atoms with Crippen LogP contribution in [-0.4, -0.2) is 72.6 Å². The number of para-hydroxylation sites is 1. The molecule has 3 aliphatic rings. The van der Waals surface area contributed by atoms with Crippen LogP contribution in [0, 0.1) is 0 Å². The van der Waals surface area contributed by atoms with Crippen LogP contribution in [0.4, 0.5) is 5.69 Å². The molecule has 5 rings (SSSR count). The number of benzene rings is 2. The van der Waals surface area contributed by atoms with Gasteiger partial charge in [0.25, 0.3) is 5.91 Å². The molecule has 0 saturated carbocycles. The van der Waals surface area contributed by atoms with Crippen LogP contribution in [-0.2, 0) is 20.9 Å². The van der Waals surface area contributed by atoms with Gasteiger partial charge in [0.05, 0.1) is 12.2 Å². The lowest BCUT2D eigenvalue weighted by atomic mass is 9.86. The van der Waals surface area contributed by atoms with E-state index in [9.17, 15) is 14.4 Å². The predicted octanol–water partition coefficient (Wildman–Crippen LogP) is 2.78. The van der Waals surface area contributed by atoms with Crippen molar-refractivity contribution in [1.82, 2.24) is 15.1 Å². The largest absolute Gasteiger partial charge is 0.452 e. The maximum absolute atomic E-state index is 13.7. The molecule has 3 saturated heterocycles. The molecule has 1 N–H and O–H groups in total. The Morgan fingerprint density at radius 3 is 2.44 bits per heavy atom. The second kappa shape index (κ2) is 10.7. The van der Waals surface area contributed by atoms with E-state index in [4.69, 9.17) is 4.74 Å². The Morgan fingerprint density at radius 2 is 1.69 bits per heavy atom. The van der Waals surface area contributed by atoms with E-state index in [0.29, 0.717) is 18.8 Å². The lowest BCUT2D eigenvalue weighted by molar-refractivity contribution is -0.135. The van der Waals surface area contributed by atoms with E-state index in [1.165, 1.54) is 0 Å². The van der Waals surface area contributed by atoms with Crippen molar-refractivity contribution in [3.8, 4) is 0 Å². The molecule has 36 heavy (non-hydrogen) atoms. The van der Waals surface area contributed by atoms with Gasteiger partial charge in [0.2, 0.25) is 5.91 Å². The third kappa shape index (κ3) is 4.95. The summed E-state index contributed by atoms with van der Waals surface area (Å²) in [7, 11) is 0. The zero-order valence-electron chi connectivity index (χ0n) is 20.7. The number of ether oxygens (including phenoxy) is 1. The second-order valence-electron chi connectivity index (χ2n) is 9.91. The van der Waals surface area contributed by atoms with Gasteiger partial charge in [0.1, 0.15) is 5.54 Å². The standard InChI is InChI=1S/C28H34N4O4/c33-25(30-16-5-2-6-17-30)20-36-26(34)23-9-7-8-22(18-23)19-31-21-32(24-10-3-1-4-11-24)28(27(31)35)12-14-29-15-13-28/h1,3-4,7-11,18,29H,2,5-6,12-17,19-21H2. The van der Waals surface area contributed by atoms with Gasteiger partial charge in [-0.15, -0.1) is 0 Å². The molecule has 0 aromatic heterocycles. The lowest BCUT2D eigenvalue weighted by Crippen LogP contribution is -2.55. The summed E-state index contributed by atoms with van der Waals surface area (Å²) < 4.78 is 5.33. The van der Waals surface area contributed by atoms with E-state index in [-0.39, 0.29) is 18.4 Å². The number of esters is 1. The van der Waals surface area contributed by atoms with Crippen molar-refractivity contribution >= 4 is 23.5 Å². The van der Waals surface area contributed by atoms with Crippen LogP contribution in [0.1, 0.15) is 48.0 Å². The molecule has 8 heteroatoms. The van der Waals surface area contributed by atoms with Crippen molar-refractivity contribution in [3.05, 3.63) is 65.7 Å². The highest BCUT2D eigenvalue weighted by atomic mass is 16.5. The number of hydrogen-bond acceptors (Lipinski definition) is 6. The SMILES string of the molecule is O=C(OCC(=O)N1CCCCC1)c1cccc(CN2CN(c3ccccc3)C3(CCNCC3)C2=O)c1. The number of carbonyl (C=O) groups is 3. The zero-order chi connectivity index (χ0) is 25.0. The van der Waals surface area contributed by atoms with Gasteiger partial charge >= 0.3 is 5.97 Å². The molecule has 1 spiro atoms. The maximum Gasteiger partial charge on any atom is 0.338 e. The number of hydrogen-bond donors (Lipinski definition) is 1. The fourth-order valence-corrected chi connectivity index (χ4v) is 5.62. The zero-order valence-corrected chi connectivity index (χ0v) is 20.7. The number of amides is 2. The molecule has 190 valence electrons. The predicted molar refractivity (Wildman–Crippen MR) is 136 cm³/mol. The Labute approximate surface area is 212 Å². The highest BCUT2D eigenvalue weighted by molar-refractivity contribution is 5.94. The van der Waals surface area contributed by atoms with E-state index >= 15 is 0 Å². The molecular weight excluding hydrogens is 456 g/mol. The van der Waals surface area contributed by atoms with Gasteiger partial charge in [0.15, 0.2) is 6.61 Å². The summed E-state index contributed by atoms with van der Waals surface area (Å²) in [4.78, 5) is 44.7. The van der Waals surface area contributed by atoms with Crippen molar-refractivity contribution in [2.24, 2.45) is 0 Å². The lowest BCUT2D eigenvalue weighted by Gasteiger charge is -2.40. The molecular formula is C28H34N4O4. The number of anilines is 1. The molecule has 0 aliphatic carbocycles. The molecule has 2 aromatic rings. The molecule has 3 heterocycles. The van der Waals surface area contributed by atoms with Crippen LogP contribution in [0.5, 0.6) is 0 Å². The Balaban J connectivity index is 1.26. The number of likely N-dealkylation sites (tertiary alicyclic amines) is 1. The van der Waals surface area contributed by atoms with E-state index in [1.807, 2.05) is 29.2 Å². The minimum atomic E-state index is -0.544. The fraction of sp³-hybridized carbons (Fsp3) is 0.464. The van der Waals surface area contributed by atoms with Crippen molar-refractivity contribution in [2.45, 2.75) is 44.2 Å². The Bertz CT molecular complexity index is 1090. The molecule has 0 bridgehead atoms. The first-order chi connectivity index (χ1) is 17.6. The summed E-state index contributed by atoms with van der Waals surface area (Å²) in [6.07, 6.45) is 4.65. The van der Waals surface area contributed by atoms with Gasteiger partial charge in [-0.25, -0.2) is 4.79 Å². The summed E-state index contributed by atoms with van der Waals surface area (Å²) in [5, 5.41) is 3.38. The average Bonchev–Trinajstić information content (AvgIpc) is 3.19. The number of carbonyl (C=O) groups excluding carboxylic acids is 3. The van der Waals surface area contributed by atoms with Crippen LogP contribution in [0.15, 0.2) is 54.6 Å². The number of piperidine rings is 2. The van der Waals surface area contributed by atoms with Crippen LogP contribution in [0.2, 0.25) is 0 Å². The summed E-state index contributed by atoms with van der Waals surface area (Å²) >= 11 is 0. The van der Waals surface area contributed by atoms with Crippen LogP contribution < -0.4 is 10.2 Å². The number of rotatable bonds is 6. The molecule has 0 atom stereocenters. The van der Waals surface area contributed by atoms with E-state index in [0.717, 1.165) is 69.5 Å². The third-order valence-corrected chi connectivity index (χ3v) is 7.58. The van der Waals surface area contributed by atoms with Crippen molar-refractivity contribution in [3.63, 3.8) is 0 Å². The van der Waals surface area contributed by atoms with E-state index < -0.39 is 11.5 Å². The van der Waals surface area contributed by atoms with Crippen LogP contribution in [0.3, 0.4) is 0 Å². The summed E-state index contributed by atoms with van der Waals surface area (Å²) in [5.74, 6) is -0.529. The van der Waals surface area contributed by atoms with Crippen molar-refractivity contribution in [2.75, 3.05) is 44.4 Å². The first kappa shape index (κ1) is 24.3. The van der Waals surface area contributed by atoms with Gasteiger partial charge < -0.3 is 24.8 Å². The highest BCUT2D eigenvalue weighted by Crippen LogP contribution is 2.38. The quantitative estimate of drug-likeness (QED) is 0.627. The van der Waals surface area contributed by atoms with Crippen molar-refractivity contribution < 1.29 is 19.1 Å². The van der Waals surface area contributed by atoms with Crippen LogP contribution >= 0.6 is 0 Å². The first-order valence-electron chi connectivity index (χ1n) is 12.9. The summed E-state index contributed by atoms with van der Waals surface area (Å²) in [6, 6.07) is 17.3. The van der Waals surface area contributed by atoms with Gasteiger partial charge in [-0.1, -0.05) is 30.3 Å². The molecule has 8 nitrogen and oxygen atoms in total. The second-order valence-corrected chi connectivity index (χ2v) is 9.91.